The average molecular weight is 257 g/mol. The van der Waals surface area contributed by atoms with E-state index < -0.39 is 6.04 Å². The van der Waals surface area contributed by atoms with Crippen molar-refractivity contribution < 1.29 is 9.59 Å². The predicted molar refractivity (Wildman–Crippen MR) is 68.8 cm³/mol. The van der Waals surface area contributed by atoms with E-state index in [1.165, 1.54) is 6.92 Å². The van der Waals surface area contributed by atoms with Crippen molar-refractivity contribution in [3.05, 3.63) is 35.4 Å². The zero-order valence-corrected chi connectivity index (χ0v) is 10.7. The molecule has 1 aliphatic rings. The third kappa shape index (κ3) is 2.74. The molecule has 98 valence electrons. The van der Waals surface area contributed by atoms with E-state index in [-0.39, 0.29) is 18.4 Å². The number of rotatable bonds is 2. The Bertz CT molecular complexity index is 548. The van der Waals surface area contributed by atoms with E-state index in [0.717, 1.165) is 11.1 Å². The molecule has 5 heteroatoms. The Morgan fingerprint density at radius 3 is 2.74 bits per heavy atom. The lowest BCUT2D eigenvalue weighted by atomic mass is 9.93. The lowest BCUT2D eigenvalue weighted by Gasteiger charge is -2.35. The van der Waals surface area contributed by atoms with Crippen molar-refractivity contribution in [1.82, 2.24) is 10.2 Å². The van der Waals surface area contributed by atoms with E-state index in [1.807, 2.05) is 30.3 Å². The van der Waals surface area contributed by atoms with Gasteiger partial charge in [0.1, 0.15) is 12.6 Å². The number of hydrogen-bond acceptors (Lipinski definition) is 3. The van der Waals surface area contributed by atoms with Crippen molar-refractivity contribution in [2.24, 2.45) is 0 Å². The van der Waals surface area contributed by atoms with Gasteiger partial charge in [-0.15, -0.1) is 0 Å². The summed E-state index contributed by atoms with van der Waals surface area (Å²) in [6, 6.07) is 9.12. The van der Waals surface area contributed by atoms with E-state index in [1.54, 1.807) is 4.90 Å². The fourth-order valence-electron chi connectivity index (χ4n) is 2.33. The molecule has 1 aromatic rings. The number of carbonyl (C=O) groups excluding carboxylic acids is 2. The molecule has 1 N–H and O–H groups in total. The molecule has 1 atom stereocenters. The minimum Gasteiger partial charge on any atom is -0.341 e. The number of carbonyl (C=O) groups is 2. The van der Waals surface area contributed by atoms with Crippen LogP contribution >= 0.6 is 0 Å². The van der Waals surface area contributed by atoms with Gasteiger partial charge < -0.3 is 10.2 Å². The minimum atomic E-state index is -0.527. The first-order chi connectivity index (χ1) is 9.13. The first-order valence-corrected chi connectivity index (χ1v) is 6.12. The topological polar surface area (TPSA) is 73.2 Å². The van der Waals surface area contributed by atoms with Crippen LogP contribution in [0.2, 0.25) is 0 Å². The van der Waals surface area contributed by atoms with Crippen molar-refractivity contribution in [1.29, 1.82) is 5.26 Å². The van der Waals surface area contributed by atoms with Gasteiger partial charge >= 0.3 is 0 Å². The quantitative estimate of drug-likeness (QED) is 0.788. The molecule has 0 aromatic heterocycles. The molecule has 19 heavy (non-hydrogen) atoms. The van der Waals surface area contributed by atoms with E-state index in [9.17, 15) is 9.59 Å². The van der Waals surface area contributed by atoms with Crippen molar-refractivity contribution in [2.75, 3.05) is 6.54 Å². The molecule has 2 rings (SSSR count). The van der Waals surface area contributed by atoms with E-state index >= 15 is 0 Å². The van der Waals surface area contributed by atoms with Crippen LogP contribution in [0.5, 0.6) is 0 Å². The Hall–Kier alpha value is -2.35. The van der Waals surface area contributed by atoms with E-state index in [4.69, 9.17) is 5.26 Å². The molecule has 2 amide bonds. The van der Waals surface area contributed by atoms with Gasteiger partial charge in [-0.3, -0.25) is 9.59 Å². The Labute approximate surface area is 111 Å². The summed E-state index contributed by atoms with van der Waals surface area (Å²) in [5, 5.41) is 11.0. The molecular weight excluding hydrogens is 242 g/mol. The highest BCUT2D eigenvalue weighted by Crippen LogP contribution is 2.23. The second-order valence-electron chi connectivity index (χ2n) is 4.51. The summed E-state index contributed by atoms with van der Waals surface area (Å²) in [6.45, 7) is 1.86. The molecule has 1 unspecified atom stereocenters. The molecule has 5 nitrogen and oxygen atoms in total. The van der Waals surface area contributed by atoms with Crippen molar-refractivity contribution in [3.63, 3.8) is 0 Å². The van der Waals surface area contributed by atoms with Gasteiger partial charge in [-0.25, -0.2) is 0 Å². The smallest absolute Gasteiger partial charge is 0.243 e. The molecule has 1 heterocycles. The number of fused-ring (bicyclic) bond motifs is 1. The third-order valence-electron chi connectivity index (χ3n) is 3.30. The predicted octanol–water partition coefficient (Wildman–Crippen LogP) is 0.600. The first kappa shape index (κ1) is 13.1. The van der Waals surface area contributed by atoms with Gasteiger partial charge in [-0.05, 0) is 11.1 Å². The second kappa shape index (κ2) is 5.53. The lowest BCUT2D eigenvalue weighted by Crippen LogP contribution is -2.52. The Morgan fingerprint density at radius 1 is 1.42 bits per heavy atom. The van der Waals surface area contributed by atoms with Crippen LogP contribution in [-0.2, 0) is 22.6 Å². The maximum atomic E-state index is 12.0. The number of benzene rings is 1. The fraction of sp³-hybridized carbons (Fsp3) is 0.357. The maximum Gasteiger partial charge on any atom is 0.243 e. The molecule has 0 spiro atoms. The van der Waals surface area contributed by atoms with Gasteiger partial charge in [0.15, 0.2) is 0 Å². The number of nitrogens with zero attached hydrogens (tertiary/aromatic N) is 2. The van der Waals surface area contributed by atoms with Crippen molar-refractivity contribution >= 4 is 11.8 Å². The highest BCUT2D eigenvalue weighted by atomic mass is 16.2. The molecule has 0 radical (unpaired) electrons. The van der Waals surface area contributed by atoms with Crippen LogP contribution < -0.4 is 5.32 Å². The average Bonchev–Trinajstić information content (AvgIpc) is 2.43. The summed E-state index contributed by atoms with van der Waals surface area (Å²) >= 11 is 0. The molecule has 0 saturated carbocycles. The van der Waals surface area contributed by atoms with Crippen LogP contribution in [0.3, 0.4) is 0 Å². The minimum absolute atomic E-state index is 0.0390. The summed E-state index contributed by atoms with van der Waals surface area (Å²) in [7, 11) is 0. The lowest BCUT2D eigenvalue weighted by molar-refractivity contribution is -0.140. The van der Waals surface area contributed by atoms with Crippen LogP contribution in [0.1, 0.15) is 18.1 Å². The highest BCUT2D eigenvalue weighted by Gasteiger charge is 2.32. The Kier molecular flexibility index (Phi) is 3.81. The zero-order chi connectivity index (χ0) is 13.8. The number of nitrogens with one attached hydrogen (secondary N) is 1. The van der Waals surface area contributed by atoms with Gasteiger partial charge in [-0.1, -0.05) is 24.3 Å². The molecule has 1 aliphatic heterocycles. The summed E-state index contributed by atoms with van der Waals surface area (Å²) < 4.78 is 0. The first-order valence-electron chi connectivity index (χ1n) is 6.12. The highest BCUT2D eigenvalue weighted by molar-refractivity contribution is 5.87. The fourth-order valence-corrected chi connectivity index (χ4v) is 2.33. The maximum absolute atomic E-state index is 12.0. The normalized spacial score (nSPS) is 17.3. The molecule has 0 bridgehead atoms. The number of nitriles is 1. The number of amides is 2. The third-order valence-corrected chi connectivity index (χ3v) is 3.30. The van der Waals surface area contributed by atoms with Crippen molar-refractivity contribution in [2.45, 2.75) is 25.9 Å². The molecule has 0 fully saturated rings. The van der Waals surface area contributed by atoms with E-state index in [0.29, 0.717) is 13.0 Å². The largest absolute Gasteiger partial charge is 0.341 e. The Morgan fingerprint density at radius 2 is 2.11 bits per heavy atom. The Balaban J connectivity index is 2.24. The van der Waals surface area contributed by atoms with Crippen LogP contribution in [-0.4, -0.2) is 29.3 Å². The van der Waals surface area contributed by atoms with Gasteiger partial charge in [0.2, 0.25) is 11.8 Å². The molecule has 0 saturated heterocycles. The summed E-state index contributed by atoms with van der Waals surface area (Å²) in [6.07, 6.45) is 0.493. The van der Waals surface area contributed by atoms with Gasteiger partial charge in [-0.2, -0.15) is 5.26 Å². The van der Waals surface area contributed by atoms with Crippen molar-refractivity contribution in [3.8, 4) is 6.07 Å². The monoisotopic (exact) mass is 257 g/mol. The van der Waals surface area contributed by atoms with E-state index in [2.05, 4.69) is 5.32 Å². The second-order valence-corrected chi connectivity index (χ2v) is 4.51. The van der Waals surface area contributed by atoms with Gasteiger partial charge in [0, 0.05) is 19.9 Å². The standard InChI is InChI=1S/C14H15N3O2/c1-10(18)17-9-12-5-3-2-4-11(12)8-13(17)14(19)16-7-6-15/h2-5,13H,7-9H2,1H3,(H,16,19). The summed E-state index contributed by atoms with van der Waals surface area (Å²) in [4.78, 5) is 25.3. The molecule has 1 aromatic carbocycles. The SMILES string of the molecule is CC(=O)N1Cc2ccccc2CC1C(=O)NCC#N. The summed E-state index contributed by atoms with van der Waals surface area (Å²) in [5.41, 5.74) is 2.15. The van der Waals surface area contributed by atoms with Crippen LogP contribution in [0.15, 0.2) is 24.3 Å². The van der Waals surface area contributed by atoms with Gasteiger partial charge in [0.05, 0.1) is 6.07 Å². The number of hydrogen-bond donors (Lipinski definition) is 1. The zero-order valence-electron chi connectivity index (χ0n) is 10.7. The van der Waals surface area contributed by atoms with Crippen LogP contribution in [0, 0.1) is 11.3 Å². The van der Waals surface area contributed by atoms with Gasteiger partial charge in [0.25, 0.3) is 0 Å². The summed E-state index contributed by atoms with van der Waals surface area (Å²) in [5.74, 6) is -0.405. The molecule has 0 aliphatic carbocycles. The van der Waals surface area contributed by atoms with Crippen LogP contribution in [0.4, 0.5) is 0 Å². The van der Waals surface area contributed by atoms with Crippen LogP contribution in [0.25, 0.3) is 0 Å². The molecular formula is C14H15N3O2.